The molecular formula is C25H29NO7. The van der Waals surface area contributed by atoms with Crippen LogP contribution in [0, 0.1) is 5.92 Å². The van der Waals surface area contributed by atoms with Crippen LogP contribution < -0.4 is 10.1 Å². The summed E-state index contributed by atoms with van der Waals surface area (Å²) in [5.74, 6) is 0.122. The number of aromatic hydroxyl groups is 1. The van der Waals surface area contributed by atoms with Gasteiger partial charge in [0, 0.05) is 11.5 Å². The SMILES string of the molecule is O=C(O)OCOc1ccc2c(c1)[C@@]13CCCC[C@H]1[C@@H](C2)NCC3.O=C(O)c1ccccc1O. The zero-order valence-corrected chi connectivity index (χ0v) is 18.3. The molecular weight excluding hydrogens is 426 g/mol. The number of carboxylic acids is 1. The summed E-state index contributed by atoms with van der Waals surface area (Å²) in [5.41, 5.74) is 3.08. The summed E-state index contributed by atoms with van der Waals surface area (Å²) in [6, 6.07) is 12.6. The lowest BCUT2D eigenvalue weighted by Gasteiger charge is -2.56. The van der Waals surface area contributed by atoms with Crippen LogP contribution in [-0.4, -0.2) is 46.8 Å². The van der Waals surface area contributed by atoms with Gasteiger partial charge in [0.05, 0.1) is 0 Å². The van der Waals surface area contributed by atoms with Crippen molar-refractivity contribution < 1.29 is 34.4 Å². The van der Waals surface area contributed by atoms with Crippen molar-refractivity contribution in [2.45, 2.75) is 50.0 Å². The monoisotopic (exact) mass is 455 g/mol. The summed E-state index contributed by atoms with van der Waals surface area (Å²) < 4.78 is 9.94. The molecule has 3 atom stereocenters. The molecule has 0 aromatic heterocycles. The number of benzene rings is 2. The summed E-state index contributed by atoms with van der Waals surface area (Å²) in [7, 11) is 0. The minimum absolute atomic E-state index is 0.0671. The highest BCUT2D eigenvalue weighted by Gasteiger charge is 2.51. The van der Waals surface area contributed by atoms with Crippen molar-refractivity contribution in [2.75, 3.05) is 13.3 Å². The van der Waals surface area contributed by atoms with Gasteiger partial charge in [0.25, 0.3) is 0 Å². The first-order valence-electron chi connectivity index (χ1n) is 11.3. The number of aromatic carboxylic acids is 1. The molecule has 4 N–H and O–H groups in total. The fraction of sp³-hybridized carbons (Fsp3) is 0.440. The van der Waals surface area contributed by atoms with Crippen LogP contribution in [0.25, 0.3) is 0 Å². The maximum Gasteiger partial charge on any atom is 0.508 e. The van der Waals surface area contributed by atoms with Crippen molar-refractivity contribution in [3.05, 3.63) is 59.2 Å². The van der Waals surface area contributed by atoms with Crippen molar-refractivity contribution in [3.63, 3.8) is 0 Å². The van der Waals surface area contributed by atoms with E-state index in [9.17, 15) is 9.59 Å². The molecule has 8 nitrogen and oxygen atoms in total. The minimum atomic E-state index is -1.31. The fourth-order valence-electron chi connectivity index (χ4n) is 5.80. The first-order valence-corrected chi connectivity index (χ1v) is 11.3. The van der Waals surface area contributed by atoms with Crippen LogP contribution >= 0.6 is 0 Å². The second-order valence-corrected chi connectivity index (χ2v) is 8.84. The molecule has 0 spiro atoms. The molecule has 1 saturated heterocycles. The van der Waals surface area contributed by atoms with Gasteiger partial charge in [-0.2, -0.15) is 0 Å². The topological polar surface area (TPSA) is 125 Å². The Morgan fingerprint density at radius 3 is 2.64 bits per heavy atom. The highest BCUT2D eigenvalue weighted by molar-refractivity contribution is 5.90. The molecule has 2 aromatic carbocycles. The van der Waals surface area contributed by atoms with Crippen molar-refractivity contribution in [1.82, 2.24) is 5.32 Å². The van der Waals surface area contributed by atoms with Gasteiger partial charge in [-0.25, -0.2) is 9.59 Å². The standard InChI is InChI=1S/C18H23NO4.C7H6O3/c20-17(21)23-11-22-13-5-4-12-9-16-14-3-1-2-6-18(14,7-8-19-16)15(12)10-13;8-6-4-2-1-3-5(6)7(9)10/h4-5,10,14,16,19H,1-3,6-9,11H2,(H,20,21);1-4,8H,(H,9,10)/t14-,16+,18+;/m0./s1. The minimum Gasteiger partial charge on any atom is -0.507 e. The highest BCUT2D eigenvalue weighted by atomic mass is 16.7. The van der Waals surface area contributed by atoms with Gasteiger partial charge in [0.2, 0.25) is 6.79 Å². The normalized spacial score (nSPS) is 24.8. The van der Waals surface area contributed by atoms with E-state index in [0.29, 0.717) is 11.8 Å². The number of carbonyl (C=O) groups is 2. The number of nitrogens with one attached hydrogen (secondary N) is 1. The number of para-hydroxylation sites is 1. The number of piperidine rings is 1. The Bertz CT molecular complexity index is 1020. The van der Waals surface area contributed by atoms with Gasteiger partial charge in [-0.05, 0) is 73.5 Å². The molecule has 0 radical (unpaired) electrons. The van der Waals surface area contributed by atoms with Gasteiger partial charge in [-0.1, -0.05) is 31.0 Å². The molecule has 8 heteroatoms. The van der Waals surface area contributed by atoms with E-state index in [1.165, 1.54) is 55.4 Å². The molecule has 2 aliphatic carbocycles. The van der Waals surface area contributed by atoms with Crippen LogP contribution in [-0.2, 0) is 16.6 Å². The number of rotatable bonds is 4. The molecule has 1 heterocycles. The van der Waals surface area contributed by atoms with Gasteiger partial charge in [0.1, 0.15) is 17.1 Å². The third kappa shape index (κ3) is 4.75. The molecule has 2 bridgehead atoms. The zero-order chi connectivity index (χ0) is 23.4. The molecule has 2 aromatic rings. The lowest BCUT2D eigenvalue weighted by molar-refractivity contribution is 0.0255. The van der Waals surface area contributed by atoms with Crippen LogP contribution in [0.5, 0.6) is 11.5 Å². The van der Waals surface area contributed by atoms with E-state index >= 15 is 0 Å². The summed E-state index contributed by atoms with van der Waals surface area (Å²) >= 11 is 0. The Hall–Kier alpha value is -3.26. The third-order valence-corrected chi connectivity index (χ3v) is 7.16. The molecule has 1 saturated carbocycles. The quantitative estimate of drug-likeness (QED) is 0.400. The van der Waals surface area contributed by atoms with E-state index in [1.807, 2.05) is 6.07 Å². The van der Waals surface area contributed by atoms with E-state index in [1.54, 1.807) is 12.1 Å². The zero-order valence-electron chi connectivity index (χ0n) is 18.3. The average Bonchev–Trinajstić information content (AvgIpc) is 2.80. The largest absolute Gasteiger partial charge is 0.508 e. The lowest BCUT2D eigenvalue weighted by Crippen LogP contribution is -2.59. The number of fused-ring (bicyclic) bond motifs is 1. The Kier molecular flexibility index (Phi) is 6.74. The number of phenols is 1. The Labute approximate surface area is 192 Å². The van der Waals surface area contributed by atoms with E-state index < -0.39 is 12.1 Å². The average molecular weight is 456 g/mol. The number of hydrogen-bond acceptors (Lipinski definition) is 6. The second kappa shape index (κ2) is 9.70. The fourth-order valence-corrected chi connectivity index (χ4v) is 5.80. The second-order valence-electron chi connectivity index (χ2n) is 8.84. The van der Waals surface area contributed by atoms with Crippen LogP contribution in [0.4, 0.5) is 4.79 Å². The first-order chi connectivity index (χ1) is 15.9. The summed E-state index contributed by atoms with van der Waals surface area (Å²) in [5, 5.41) is 29.6. The summed E-state index contributed by atoms with van der Waals surface area (Å²) in [6.45, 7) is 0.836. The number of ether oxygens (including phenoxy) is 2. The molecule has 0 amide bonds. The van der Waals surface area contributed by atoms with Gasteiger partial charge in [-0.15, -0.1) is 0 Å². The van der Waals surface area contributed by atoms with Crippen molar-refractivity contribution in [3.8, 4) is 11.5 Å². The van der Waals surface area contributed by atoms with Crippen LogP contribution in [0.2, 0.25) is 0 Å². The van der Waals surface area contributed by atoms with Gasteiger partial charge in [0.15, 0.2) is 0 Å². The van der Waals surface area contributed by atoms with Crippen molar-refractivity contribution in [2.24, 2.45) is 5.92 Å². The van der Waals surface area contributed by atoms with Crippen LogP contribution in [0.3, 0.4) is 0 Å². The molecule has 2 fully saturated rings. The number of hydrogen-bond donors (Lipinski definition) is 4. The third-order valence-electron chi connectivity index (χ3n) is 7.16. The van der Waals surface area contributed by atoms with Gasteiger partial charge in [-0.3, -0.25) is 0 Å². The molecule has 0 unspecified atom stereocenters. The first kappa shape index (κ1) is 22.9. The highest BCUT2D eigenvalue weighted by Crippen LogP contribution is 2.54. The van der Waals surface area contributed by atoms with E-state index in [0.717, 1.165) is 18.9 Å². The van der Waals surface area contributed by atoms with E-state index in [2.05, 4.69) is 22.2 Å². The van der Waals surface area contributed by atoms with E-state index in [4.69, 9.17) is 20.1 Å². The van der Waals surface area contributed by atoms with E-state index in [-0.39, 0.29) is 23.5 Å². The predicted octanol–water partition coefficient (Wildman–Crippen LogP) is 4.15. The van der Waals surface area contributed by atoms with Crippen LogP contribution in [0.1, 0.15) is 53.6 Å². The predicted molar refractivity (Wildman–Crippen MR) is 120 cm³/mol. The molecule has 3 aliphatic rings. The van der Waals surface area contributed by atoms with Crippen LogP contribution in [0.15, 0.2) is 42.5 Å². The Balaban J connectivity index is 0.000000219. The van der Waals surface area contributed by atoms with Crippen molar-refractivity contribution >= 4 is 12.1 Å². The Morgan fingerprint density at radius 1 is 1.09 bits per heavy atom. The molecule has 5 rings (SSSR count). The summed E-state index contributed by atoms with van der Waals surface area (Å²) in [6.07, 6.45) is 6.18. The summed E-state index contributed by atoms with van der Waals surface area (Å²) in [4.78, 5) is 20.7. The van der Waals surface area contributed by atoms with Crippen molar-refractivity contribution in [1.29, 1.82) is 0 Å². The maximum absolute atomic E-state index is 10.4. The van der Waals surface area contributed by atoms with Gasteiger partial charge >= 0.3 is 12.1 Å². The number of carboxylic acid groups (broad SMARTS) is 2. The molecule has 33 heavy (non-hydrogen) atoms. The van der Waals surface area contributed by atoms with Gasteiger partial charge < -0.3 is 30.1 Å². The molecule has 1 aliphatic heterocycles. The molecule has 176 valence electrons. The smallest absolute Gasteiger partial charge is 0.507 e. The maximum atomic E-state index is 10.4. The lowest BCUT2D eigenvalue weighted by atomic mass is 9.53. The Morgan fingerprint density at radius 2 is 1.91 bits per heavy atom.